The quantitative estimate of drug-likeness (QED) is 0.626. The van der Waals surface area contributed by atoms with Crippen molar-refractivity contribution in [1.82, 2.24) is 9.97 Å². The van der Waals surface area contributed by atoms with Crippen molar-refractivity contribution in [3.8, 4) is 11.5 Å². The molecule has 0 bridgehead atoms. The summed E-state index contributed by atoms with van der Waals surface area (Å²) in [4.78, 5) is 32.8. The summed E-state index contributed by atoms with van der Waals surface area (Å²) in [5.74, 6) is -2.97. The maximum absolute atomic E-state index is 12.3. The van der Waals surface area contributed by atoms with Crippen molar-refractivity contribution in [3.63, 3.8) is 0 Å². The number of carbonyl (C=O) groups excluding carboxylic acids is 2. The van der Waals surface area contributed by atoms with E-state index in [2.05, 4.69) is 9.97 Å². The van der Waals surface area contributed by atoms with Crippen LogP contribution in [0.2, 0.25) is 0 Å². The van der Waals surface area contributed by atoms with Crippen LogP contribution < -0.4 is 4.74 Å². The zero-order valence-electron chi connectivity index (χ0n) is 13.6. The van der Waals surface area contributed by atoms with E-state index in [1.165, 1.54) is 25.4 Å². The summed E-state index contributed by atoms with van der Waals surface area (Å²) in [7, 11) is 1.38. The number of aromatic hydroxyl groups is 1. The topological polar surface area (TPSA) is 108 Å². The van der Waals surface area contributed by atoms with E-state index in [0.717, 1.165) is 0 Å². The highest BCUT2D eigenvalue weighted by Crippen LogP contribution is 2.32. The first kappa shape index (κ1) is 17.5. The molecule has 24 heavy (non-hydrogen) atoms. The number of pyridine rings is 2. The fraction of sp³-hybridized carbons (Fsp3) is 0.375. The lowest BCUT2D eigenvalue weighted by molar-refractivity contribution is -0.157. The van der Waals surface area contributed by atoms with E-state index in [4.69, 9.17) is 14.2 Å². The number of fused-ring (bicyclic) bond motifs is 1. The second-order valence-corrected chi connectivity index (χ2v) is 4.71. The first-order valence-electron chi connectivity index (χ1n) is 7.39. The Kier molecular flexibility index (Phi) is 5.51. The normalized spacial score (nSPS) is 10.7. The Hall–Kier alpha value is -2.90. The Labute approximate surface area is 138 Å². The number of ether oxygens (including phenoxy) is 3. The van der Waals surface area contributed by atoms with Gasteiger partial charge in [-0.05, 0) is 13.8 Å². The second-order valence-electron chi connectivity index (χ2n) is 4.71. The van der Waals surface area contributed by atoms with E-state index < -0.39 is 17.9 Å². The lowest BCUT2D eigenvalue weighted by atomic mass is 10.0. The van der Waals surface area contributed by atoms with Crippen molar-refractivity contribution in [2.24, 2.45) is 0 Å². The van der Waals surface area contributed by atoms with Gasteiger partial charge in [-0.15, -0.1) is 0 Å². The van der Waals surface area contributed by atoms with Gasteiger partial charge in [0, 0.05) is 18.3 Å². The Bertz CT molecular complexity index is 744. The molecule has 2 aromatic heterocycles. The van der Waals surface area contributed by atoms with Gasteiger partial charge in [0.1, 0.15) is 22.7 Å². The minimum atomic E-state index is -1.41. The molecule has 2 aromatic rings. The summed E-state index contributed by atoms with van der Waals surface area (Å²) in [5.41, 5.74) is 0.513. The van der Waals surface area contributed by atoms with Crippen LogP contribution in [0.3, 0.4) is 0 Å². The number of hydrogen-bond donors (Lipinski definition) is 1. The van der Waals surface area contributed by atoms with Crippen molar-refractivity contribution < 1.29 is 28.9 Å². The number of aromatic nitrogens is 2. The first-order valence-corrected chi connectivity index (χ1v) is 7.39. The Balaban J connectivity index is 2.64. The SMILES string of the molecule is CCOC(=O)C(C(=O)OCC)c1nc2c(O)ccnc2cc1OC. The highest BCUT2D eigenvalue weighted by atomic mass is 16.6. The minimum absolute atomic E-state index is 0.00481. The van der Waals surface area contributed by atoms with Crippen LogP contribution in [-0.4, -0.2) is 47.3 Å². The number of hydrogen-bond acceptors (Lipinski definition) is 8. The van der Waals surface area contributed by atoms with Gasteiger partial charge in [0.25, 0.3) is 0 Å². The molecule has 0 saturated carbocycles. The number of methoxy groups -OCH3 is 1. The monoisotopic (exact) mass is 334 g/mol. The molecule has 0 radical (unpaired) electrons. The van der Waals surface area contributed by atoms with Gasteiger partial charge in [-0.1, -0.05) is 0 Å². The maximum atomic E-state index is 12.3. The largest absolute Gasteiger partial charge is 0.506 e. The molecule has 1 N–H and O–H groups in total. The van der Waals surface area contributed by atoms with Crippen molar-refractivity contribution >= 4 is 23.0 Å². The Morgan fingerprint density at radius 3 is 2.38 bits per heavy atom. The Morgan fingerprint density at radius 2 is 1.83 bits per heavy atom. The lowest BCUT2D eigenvalue weighted by Gasteiger charge is -2.17. The lowest BCUT2D eigenvalue weighted by Crippen LogP contribution is -2.27. The smallest absolute Gasteiger partial charge is 0.326 e. The van der Waals surface area contributed by atoms with Gasteiger partial charge >= 0.3 is 11.9 Å². The van der Waals surface area contributed by atoms with Crippen LogP contribution >= 0.6 is 0 Å². The third-order valence-corrected chi connectivity index (χ3v) is 3.22. The molecule has 0 aromatic carbocycles. The first-order chi connectivity index (χ1) is 11.5. The predicted octanol–water partition coefficient (Wildman–Crippen LogP) is 1.55. The highest BCUT2D eigenvalue weighted by molar-refractivity contribution is 6.01. The molecule has 0 amide bonds. The van der Waals surface area contributed by atoms with E-state index in [-0.39, 0.29) is 35.9 Å². The maximum Gasteiger partial charge on any atom is 0.326 e. The van der Waals surface area contributed by atoms with Gasteiger partial charge in [0.2, 0.25) is 0 Å². The van der Waals surface area contributed by atoms with Crippen molar-refractivity contribution in [2.45, 2.75) is 19.8 Å². The van der Waals surface area contributed by atoms with Crippen LogP contribution in [0.4, 0.5) is 0 Å². The fourth-order valence-electron chi connectivity index (χ4n) is 2.19. The zero-order chi connectivity index (χ0) is 17.7. The molecule has 0 aliphatic carbocycles. The zero-order valence-corrected chi connectivity index (χ0v) is 13.6. The van der Waals surface area contributed by atoms with E-state index in [9.17, 15) is 14.7 Å². The highest BCUT2D eigenvalue weighted by Gasteiger charge is 2.36. The fourth-order valence-corrected chi connectivity index (χ4v) is 2.19. The summed E-state index contributed by atoms with van der Waals surface area (Å²) < 4.78 is 15.1. The summed E-state index contributed by atoms with van der Waals surface area (Å²) in [6, 6.07) is 2.85. The summed E-state index contributed by atoms with van der Waals surface area (Å²) in [5, 5.41) is 9.95. The van der Waals surface area contributed by atoms with Crippen molar-refractivity contribution in [3.05, 3.63) is 24.0 Å². The average molecular weight is 334 g/mol. The summed E-state index contributed by atoms with van der Waals surface area (Å²) in [6.07, 6.45) is 1.41. The average Bonchev–Trinajstić information content (AvgIpc) is 2.55. The van der Waals surface area contributed by atoms with Crippen LogP contribution in [0.15, 0.2) is 18.3 Å². The van der Waals surface area contributed by atoms with Gasteiger partial charge < -0.3 is 19.3 Å². The van der Waals surface area contributed by atoms with Gasteiger partial charge in [0.15, 0.2) is 5.92 Å². The molecular formula is C16H18N2O6. The van der Waals surface area contributed by atoms with Crippen molar-refractivity contribution in [2.75, 3.05) is 20.3 Å². The Morgan fingerprint density at radius 1 is 1.21 bits per heavy atom. The number of esters is 2. The van der Waals surface area contributed by atoms with E-state index in [0.29, 0.717) is 5.52 Å². The molecule has 0 aliphatic heterocycles. The van der Waals surface area contributed by atoms with E-state index in [1.807, 2.05) is 0 Å². The standard InChI is InChI=1S/C16H18N2O6/c1-4-23-15(20)12(16(21)24-5-2)14-11(22-3)8-9-13(18-14)10(19)6-7-17-9/h6-8,12H,4-5H2,1-3H3,(H,17,19). The molecule has 128 valence electrons. The molecule has 2 heterocycles. The van der Waals surface area contributed by atoms with Gasteiger partial charge in [-0.3, -0.25) is 14.6 Å². The van der Waals surface area contributed by atoms with Crippen LogP contribution in [0.25, 0.3) is 11.0 Å². The number of rotatable bonds is 6. The van der Waals surface area contributed by atoms with Crippen LogP contribution in [0, 0.1) is 0 Å². The van der Waals surface area contributed by atoms with Crippen LogP contribution in [-0.2, 0) is 19.1 Å². The van der Waals surface area contributed by atoms with Gasteiger partial charge in [-0.2, -0.15) is 0 Å². The second kappa shape index (κ2) is 7.58. The predicted molar refractivity (Wildman–Crippen MR) is 83.8 cm³/mol. The summed E-state index contributed by atoms with van der Waals surface area (Å²) in [6.45, 7) is 3.44. The number of nitrogens with zero attached hydrogens (tertiary/aromatic N) is 2. The van der Waals surface area contributed by atoms with Crippen LogP contribution in [0.5, 0.6) is 11.5 Å². The molecule has 8 heteroatoms. The molecule has 0 atom stereocenters. The van der Waals surface area contributed by atoms with Gasteiger partial charge in [-0.25, -0.2) is 4.98 Å². The molecule has 0 unspecified atom stereocenters. The molecule has 0 fully saturated rings. The number of carbonyl (C=O) groups is 2. The van der Waals surface area contributed by atoms with Crippen molar-refractivity contribution in [1.29, 1.82) is 0 Å². The van der Waals surface area contributed by atoms with Crippen LogP contribution in [0.1, 0.15) is 25.5 Å². The minimum Gasteiger partial charge on any atom is -0.506 e. The third-order valence-electron chi connectivity index (χ3n) is 3.22. The molecule has 0 spiro atoms. The molecule has 0 aliphatic rings. The third kappa shape index (κ3) is 3.37. The van der Waals surface area contributed by atoms with Gasteiger partial charge in [0.05, 0.1) is 25.8 Å². The van der Waals surface area contributed by atoms with E-state index >= 15 is 0 Å². The summed E-state index contributed by atoms with van der Waals surface area (Å²) >= 11 is 0. The molecular weight excluding hydrogens is 316 g/mol. The molecule has 2 rings (SSSR count). The molecule has 0 saturated heterocycles. The van der Waals surface area contributed by atoms with E-state index in [1.54, 1.807) is 13.8 Å². The molecule has 8 nitrogen and oxygen atoms in total.